The monoisotopic (exact) mass is 429 g/mol. The number of ether oxygens (including phenoxy) is 1. The maximum absolute atomic E-state index is 14.6. The number of carbonyl (C=O) groups excluding carboxylic acids is 1. The predicted molar refractivity (Wildman–Crippen MR) is 105 cm³/mol. The third kappa shape index (κ3) is 5.02. The average Bonchev–Trinajstić information content (AvgIpc) is 3.45. The van der Waals surface area contributed by atoms with Gasteiger partial charge in [-0.1, -0.05) is 12.1 Å². The van der Waals surface area contributed by atoms with E-state index in [4.69, 9.17) is 4.74 Å². The molecule has 2 unspecified atom stereocenters. The van der Waals surface area contributed by atoms with Gasteiger partial charge in [-0.15, -0.1) is 5.10 Å². The summed E-state index contributed by atoms with van der Waals surface area (Å²) in [4.78, 5) is 14.4. The number of amides is 1. The standard InChI is InChI=1S/C21H21F2N5O3/c22-16-3-1-14(2-4-16)15-7-8-27(10-15)21(30)19-6-5-18(9-20(19)23)31-12-17(29)11-28-13-24-25-26-28/h1-6,9,13,15,17,29H,7-8,10-12H2. The van der Waals surface area contributed by atoms with E-state index < -0.39 is 17.8 Å². The van der Waals surface area contributed by atoms with Crippen molar-refractivity contribution < 1.29 is 23.4 Å². The molecule has 1 aromatic heterocycles. The maximum Gasteiger partial charge on any atom is 0.256 e. The summed E-state index contributed by atoms with van der Waals surface area (Å²) in [6.07, 6.45) is 1.21. The van der Waals surface area contributed by atoms with E-state index >= 15 is 0 Å². The Bertz CT molecular complexity index is 1030. The van der Waals surface area contributed by atoms with Gasteiger partial charge in [-0.05, 0) is 46.7 Å². The first-order valence-corrected chi connectivity index (χ1v) is 9.85. The van der Waals surface area contributed by atoms with Crippen molar-refractivity contribution >= 4 is 5.91 Å². The molecule has 2 atom stereocenters. The van der Waals surface area contributed by atoms with E-state index in [1.165, 1.54) is 35.3 Å². The number of aromatic nitrogens is 4. The number of halogens is 2. The Morgan fingerprint density at radius 3 is 2.74 bits per heavy atom. The molecule has 2 heterocycles. The zero-order valence-corrected chi connectivity index (χ0v) is 16.6. The second-order valence-electron chi connectivity index (χ2n) is 7.43. The SMILES string of the molecule is O=C(c1ccc(OCC(O)Cn2cnnn2)cc1F)N1CCC(c2ccc(F)cc2)C1. The molecular weight excluding hydrogens is 408 g/mol. The van der Waals surface area contributed by atoms with Crippen LogP contribution in [0.4, 0.5) is 8.78 Å². The minimum atomic E-state index is -0.888. The fourth-order valence-electron chi connectivity index (χ4n) is 3.61. The van der Waals surface area contributed by atoms with Gasteiger partial charge in [0.05, 0.1) is 12.1 Å². The topological polar surface area (TPSA) is 93.4 Å². The highest BCUT2D eigenvalue weighted by Crippen LogP contribution is 2.29. The molecule has 0 radical (unpaired) electrons. The molecule has 1 aliphatic heterocycles. The minimum Gasteiger partial charge on any atom is -0.491 e. The third-order valence-electron chi connectivity index (χ3n) is 5.22. The number of likely N-dealkylation sites (tertiary alicyclic amines) is 1. The van der Waals surface area contributed by atoms with E-state index in [1.54, 1.807) is 17.0 Å². The Morgan fingerprint density at radius 2 is 2.03 bits per heavy atom. The number of benzene rings is 2. The summed E-state index contributed by atoms with van der Waals surface area (Å²) < 4.78 is 34.5. The summed E-state index contributed by atoms with van der Waals surface area (Å²) in [5.74, 6) is -1.09. The number of hydrogen-bond donors (Lipinski definition) is 1. The molecule has 1 amide bonds. The first-order valence-electron chi connectivity index (χ1n) is 9.85. The normalized spacial score (nSPS) is 17.0. The number of tetrazole rings is 1. The van der Waals surface area contributed by atoms with E-state index in [1.807, 2.05) is 0 Å². The minimum absolute atomic E-state index is 0.0404. The quantitative estimate of drug-likeness (QED) is 0.618. The van der Waals surface area contributed by atoms with Crippen molar-refractivity contribution in [3.8, 4) is 5.75 Å². The van der Waals surface area contributed by atoms with Gasteiger partial charge in [-0.25, -0.2) is 13.5 Å². The van der Waals surface area contributed by atoms with Crippen molar-refractivity contribution in [2.24, 2.45) is 0 Å². The van der Waals surface area contributed by atoms with Crippen LogP contribution >= 0.6 is 0 Å². The van der Waals surface area contributed by atoms with Gasteiger partial charge in [0.15, 0.2) is 0 Å². The highest BCUT2D eigenvalue weighted by atomic mass is 19.1. The lowest BCUT2D eigenvalue weighted by Crippen LogP contribution is -2.29. The van der Waals surface area contributed by atoms with Crippen molar-refractivity contribution in [3.05, 3.63) is 71.6 Å². The van der Waals surface area contributed by atoms with Gasteiger partial charge in [0.25, 0.3) is 5.91 Å². The van der Waals surface area contributed by atoms with Crippen molar-refractivity contribution in [2.45, 2.75) is 25.0 Å². The zero-order valence-electron chi connectivity index (χ0n) is 16.6. The number of aliphatic hydroxyl groups is 1. The van der Waals surface area contributed by atoms with Crippen LogP contribution < -0.4 is 4.74 Å². The van der Waals surface area contributed by atoms with Gasteiger partial charge >= 0.3 is 0 Å². The van der Waals surface area contributed by atoms with Crippen LogP contribution in [0.1, 0.15) is 28.3 Å². The van der Waals surface area contributed by atoms with E-state index in [-0.39, 0.29) is 36.2 Å². The predicted octanol–water partition coefficient (Wildman–Crippen LogP) is 2.02. The summed E-state index contributed by atoms with van der Waals surface area (Å²) in [6, 6.07) is 10.2. The van der Waals surface area contributed by atoms with Crippen LogP contribution in [-0.2, 0) is 6.54 Å². The maximum atomic E-state index is 14.6. The fourth-order valence-corrected chi connectivity index (χ4v) is 3.61. The van der Waals surface area contributed by atoms with Gasteiger partial charge in [0.1, 0.15) is 36.4 Å². The number of aliphatic hydroxyl groups excluding tert-OH is 1. The molecule has 1 saturated heterocycles. The fraction of sp³-hybridized carbons (Fsp3) is 0.333. The molecule has 1 N–H and O–H groups in total. The van der Waals surface area contributed by atoms with Gasteiger partial charge in [-0.2, -0.15) is 0 Å². The molecule has 8 nitrogen and oxygen atoms in total. The Labute approximate surface area is 177 Å². The molecule has 0 saturated carbocycles. The van der Waals surface area contributed by atoms with Crippen molar-refractivity contribution in [3.63, 3.8) is 0 Å². The Morgan fingerprint density at radius 1 is 1.23 bits per heavy atom. The van der Waals surface area contributed by atoms with Gasteiger partial charge < -0.3 is 14.7 Å². The highest BCUT2D eigenvalue weighted by Gasteiger charge is 2.29. The molecular formula is C21H21F2N5O3. The molecule has 1 aliphatic rings. The summed E-state index contributed by atoms with van der Waals surface area (Å²) in [7, 11) is 0. The summed E-state index contributed by atoms with van der Waals surface area (Å²) in [5, 5.41) is 20.5. The van der Waals surface area contributed by atoms with Crippen molar-refractivity contribution in [1.29, 1.82) is 0 Å². The van der Waals surface area contributed by atoms with Crippen LogP contribution in [0.2, 0.25) is 0 Å². The lowest BCUT2D eigenvalue weighted by molar-refractivity contribution is 0.0784. The molecule has 162 valence electrons. The first-order chi connectivity index (χ1) is 15.0. The Hall–Kier alpha value is -3.40. The lowest BCUT2D eigenvalue weighted by atomic mass is 9.98. The van der Waals surface area contributed by atoms with Crippen molar-refractivity contribution in [1.82, 2.24) is 25.1 Å². The van der Waals surface area contributed by atoms with Gasteiger partial charge in [0, 0.05) is 25.1 Å². The molecule has 0 spiro atoms. The third-order valence-corrected chi connectivity index (χ3v) is 5.22. The van der Waals surface area contributed by atoms with E-state index in [9.17, 15) is 18.7 Å². The summed E-state index contributed by atoms with van der Waals surface area (Å²) in [5.41, 5.74) is 0.919. The van der Waals surface area contributed by atoms with Crippen LogP contribution in [0.3, 0.4) is 0 Å². The first kappa shape index (κ1) is 20.9. The number of hydrogen-bond acceptors (Lipinski definition) is 6. The number of carbonyl (C=O) groups is 1. The second-order valence-corrected chi connectivity index (χ2v) is 7.43. The smallest absolute Gasteiger partial charge is 0.256 e. The summed E-state index contributed by atoms with van der Waals surface area (Å²) >= 11 is 0. The van der Waals surface area contributed by atoms with E-state index in [0.717, 1.165) is 18.1 Å². The van der Waals surface area contributed by atoms with Gasteiger partial charge in [-0.3, -0.25) is 4.79 Å². The van der Waals surface area contributed by atoms with Crippen molar-refractivity contribution in [2.75, 3.05) is 19.7 Å². The molecule has 4 rings (SSSR count). The molecule has 1 fully saturated rings. The van der Waals surface area contributed by atoms with E-state index in [2.05, 4.69) is 15.5 Å². The Kier molecular flexibility index (Phi) is 6.17. The summed E-state index contributed by atoms with van der Waals surface area (Å²) in [6.45, 7) is 1.00. The van der Waals surface area contributed by atoms with Crippen LogP contribution in [0, 0.1) is 11.6 Å². The Balaban J connectivity index is 1.34. The highest BCUT2D eigenvalue weighted by molar-refractivity contribution is 5.94. The number of rotatable bonds is 7. The number of nitrogens with zero attached hydrogens (tertiary/aromatic N) is 5. The van der Waals surface area contributed by atoms with Crippen LogP contribution in [0.25, 0.3) is 0 Å². The molecule has 3 aromatic rings. The van der Waals surface area contributed by atoms with Gasteiger partial charge in [0.2, 0.25) is 0 Å². The zero-order chi connectivity index (χ0) is 21.8. The van der Waals surface area contributed by atoms with Crippen LogP contribution in [0.5, 0.6) is 5.75 Å². The molecule has 10 heteroatoms. The molecule has 0 bridgehead atoms. The lowest BCUT2D eigenvalue weighted by Gasteiger charge is -2.18. The second kappa shape index (κ2) is 9.17. The molecule has 0 aliphatic carbocycles. The van der Waals surface area contributed by atoms with Crippen LogP contribution in [-0.4, -0.2) is 61.9 Å². The largest absolute Gasteiger partial charge is 0.491 e. The molecule has 2 aromatic carbocycles. The van der Waals surface area contributed by atoms with Crippen LogP contribution in [0.15, 0.2) is 48.8 Å². The molecule has 31 heavy (non-hydrogen) atoms. The average molecular weight is 429 g/mol. The van der Waals surface area contributed by atoms with E-state index in [0.29, 0.717) is 13.1 Å².